The van der Waals surface area contributed by atoms with Crippen LogP contribution in [-0.2, 0) is 0 Å². The summed E-state index contributed by atoms with van der Waals surface area (Å²) in [6, 6.07) is 9.14. The molecular weight excluding hydrogens is 186 g/mol. The average molecular weight is 197 g/mol. The van der Waals surface area contributed by atoms with Gasteiger partial charge in [-0.25, -0.2) is 0 Å². The van der Waals surface area contributed by atoms with E-state index in [0.717, 1.165) is 11.1 Å². The molecule has 0 bridgehead atoms. The lowest BCUT2D eigenvalue weighted by molar-refractivity contribution is 0.336. The van der Waals surface area contributed by atoms with Crippen molar-refractivity contribution < 1.29 is 5.11 Å². The van der Waals surface area contributed by atoms with Gasteiger partial charge >= 0.3 is 0 Å². The van der Waals surface area contributed by atoms with Crippen LogP contribution >= 0.6 is 0 Å². The first kappa shape index (κ1) is 11.0. The molecule has 74 valence electrons. The number of aliphatic hydroxyl groups excluding tert-OH is 1. The summed E-state index contributed by atoms with van der Waals surface area (Å²) in [5.41, 5.74) is 2.97. The van der Waals surface area contributed by atoms with Crippen molar-refractivity contribution in [2.45, 2.75) is 6.92 Å². The molecule has 0 fully saturated rings. The molecular formula is C13H11NO. The fraction of sp³-hybridized carbons (Fsp3) is 0.154. The zero-order chi connectivity index (χ0) is 11.3. The molecule has 1 rings (SSSR count). The largest absolute Gasteiger partial charge is 0.391 e. The number of rotatable bonds is 2. The second-order valence-corrected chi connectivity index (χ2v) is 3.10. The van der Waals surface area contributed by atoms with Crippen LogP contribution < -0.4 is 0 Å². The summed E-state index contributed by atoms with van der Waals surface area (Å²) in [5.74, 6) is 2.44. The van der Waals surface area contributed by atoms with Crippen LogP contribution in [0.2, 0.25) is 0 Å². The number of benzene rings is 1. The molecule has 0 heterocycles. The monoisotopic (exact) mass is 197 g/mol. The van der Waals surface area contributed by atoms with Crippen LogP contribution in [0.15, 0.2) is 29.8 Å². The Hall–Kier alpha value is -2.03. The first-order valence-electron chi connectivity index (χ1n) is 4.50. The van der Waals surface area contributed by atoms with Crippen molar-refractivity contribution in [3.8, 4) is 18.4 Å². The molecule has 0 radical (unpaired) electrons. The Bertz CT molecular complexity index is 455. The highest BCUT2D eigenvalue weighted by Crippen LogP contribution is 2.18. The minimum Gasteiger partial charge on any atom is -0.391 e. The fourth-order valence-corrected chi connectivity index (χ4v) is 1.24. The van der Waals surface area contributed by atoms with E-state index in [1.807, 2.05) is 25.1 Å². The summed E-state index contributed by atoms with van der Waals surface area (Å²) >= 11 is 0. The number of hydrogen-bond donors (Lipinski definition) is 1. The molecule has 0 spiro atoms. The molecule has 0 saturated carbocycles. The maximum atomic E-state index is 9.01. The molecule has 0 aliphatic heterocycles. The number of aliphatic hydroxyl groups is 1. The summed E-state index contributed by atoms with van der Waals surface area (Å²) in [6.45, 7) is 1.72. The third-order valence-corrected chi connectivity index (χ3v) is 2.23. The number of hydrogen-bond acceptors (Lipinski definition) is 2. The van der Waals surface area contributed by atoms with Crippen molar-refractivity contribution in [3.63, 3.8) is 0 Å². The van der Waals surface area contributed by atoms with Crippen molar-refractivity contribution in [3.05, 3.63) is 41.0 Å². The van der Waals surface area contributed by atoms with Crippen LogP contribution in [0, 0.1) is 23.7 Å². The molecule has 0 aromatic heterocycles. The van der Waals surface area contributed by atoms with Crippen molar-refractivity contribution in [2.24, 2.45) is 0 Å². The Morgan fingerprint density at radius 1 is 1.40 bits per heavy atom. The van der Waals surface area contributed by atoms with Gasteiger partial charge in [-0.05, 0) is 30.2 Å². The SMILES string of the molecule is C#CC(CO)=C(C)c1ccc(C#N)cc1. The first-order valence-corrected chi connectivity index (χ1v) is 4.50. The number of nitrogens with zero attached hydrogens (tertiary/aromatic N) is 1. The van der Waals surface area contributed by atoms with Gasteiger partial charge in [0.15, 0.2) is 0 Å². The zero-order valence-electron chi connectivity index (χ0n) is 8.49. The highest BCUT2D eigenvalue weighted by atomic mass is 16.3. The van der Waals surface area contributed by atoms with Gasteiger partial charge in [0.1, 0.15) is 0 Å². The summed E-state index contributed by atoms with van der Waals surface area (Å²) in [4.78, 5) is 0. The molecule has 1 N–H and O–H groups in total. The maximum absolute atomic E-state index is 9.01. The molecule has 2 heteroatoms. The van der Waals surface area contributed by atoms with E-state index < -0.39 is 0 Å². The number of allylic oxidation sites excluding steroid dienone is 1. The molecule has 0 aliphatic carbocycles. The third kappa shape index (κ3) is 2.47. The van der Waals surface area contributed by atoms with E-state index in [2.05, 4.69) is 5.92 Å². The van der Waals surface area contributed by atoms with Crippen molar-refractivity contribution in [1.29, 1.82) is 5.26 Å². The molecule has 15 heavy (non-hydrogen) atoms. The van der Waals surface area contributed by atoms with Gasteiger partial charge < -0.3 is 5.11 Å². The normalized spacial score (nSPS) is 11.2. The lowest BCUT2D eigenvalue weighted by Crippen LogP contribution is -1.92. The lowest BCUT2D eigenvalue weighted by atomic mass is 10.0. The van der Waals surface area contributed by atoms with E-state index in [-0.39, 0.29) is 6.61 Å². The van der Waals surface area contributed by atoms with Crippen LogP contribution in [0.1, 0.15) is 18.1 Å². The Morgan fingerprint density at radius 3 is 2.40 bits per heavy atom. The molecule has 1 aromatic rings. The van der Waals surface area contributed by atoms with Gasteiger partial charge in [0.2, 0.25) is 0 Å². The van der Waals surface area contributed by atoms with E-state index >= 15 is 0 Å². The predicted molar refractivity (Wildman–Crippen MR) is 59.7 cm³/mol. The highest BCUT2D eigenvalue weighted by Gasteiger charge is 2.01. The van der Waals surface area contributed by atoms with Crippen LogP contribution in [-0.4, -0.2) is 11.7 Å². The quantitative estimate of drug-likeness (QED) is 0.736. The second-order valence-electron chi connectivity index (χ2n) is 3.10. The van der Waals surface area contributed by atoms with E-state index in [1.165, 1.54) is 0 Å². The molecule has 0 aliphatic rings. The van der Waals surface area contributed by atoms with Gasteiger partial charge in [0.25, 0.3) is 0 Å². The van der Waals surface area contributed by atoms with Crippen molar-refractivity contribution in [2.75, 3.05) is 6.61 Å². The highest BCUT2D eigenvalue weighted by molar-refractivity contribution is 5.71. The zero-order valence-corrected chi connectivity index (χ0v) is 8.49. The topological polar surface area (TPSA) is 44.0 Å². The van der Waals surface area contributed by atoms with Crippen molar-refractivity contribution >= 4 is 5.57 Å². The smallest absolute Gasteiger partial charge is 0.0991 e. The Labute approximate surface area is 89.5 Å². The first-order chi connectivity index (χ1) is 7.22. The van der Waals surface area contributed by atoms with E-state index in [9.17, 15) is 0 Å². The van der Waals surface area contributed by atoms with Crippen LogP contribution in [0.4, 0.5) is 0 Å². The molecule has 0 amide bonds. The summed E-state index contributed by atoms with van der Waals surface area (Å²) in [7, 11) is 0. The average Bonchev–Trinajstić information content (AvgIpc) is 2.30. The van der Waals surface area contributed by atoms with Crippen LogP contribution in [0.5, 0.6) is 0 Å². The minimum atomic E-state index is -0.137. The molecule has 2 nitrogen and oxygen atoms in total. The summed E-state index contributed by atoms with van der Waals surface area (Å²) < 4.78 is 0. The number of terminal acetylenes is 1. The minimum absolute atomic E-state index is 0.137. The molecule has 0 unspecified atom stereocenters. The van der Waals surface area contributed by atoms with E-state index in [0.29, 0.717) is 11.1 Å². The van der Waals surface area contributed by atoms with Gasteiger partial charge in [-0.15, -0.1) is 6.42 Å². The Balaban J connectivity index is 3.14. The second kappa shape index (κ2) is 5.00. The van der Waals surface area contributed by atoms with E-state index in [1.54, 1.807) is 12.1 Å². The Kier molecular flexibility index (Phi) is 3.68. The summed E-state index contributed by atoms with van der Waals surface area (Å²) in [5, 5.41) is 17.6. The molecule has 1 aromatic carbocycles. The molecule has 0 saturated heterocycles. The van der Waals surface area contributed by atoms with Gasteiger partial charge in [-0.3, -0.25) is 0 Å². The molecule has 0 atom stereocenters. The van der Waals surface area contributed by atoms with Gasteiger partial charge in [-0.1, -0.05) is 18.1 Å². The van der Waals surface area contributed by atoms with Crippen LogP contribution in [0.3, 0.4) is 0 Å². The Morgan fingerprint density at radius 2 is 2.00 bits per heavy atom. The lowest BCUT2D eigenvalue weighted by Gasteiger charge is -2.04. The fourth-order valence-electron chi connectivity index (χ4n) is 1.24. The van der Waals surface area contributed by atoms with Crippen LogP contribution in [0.25, 0.3) is 5.57 Å². The van der Waals surface area contributed by atoms with Gasteiger partial charge in [-0.2, -0.15) is 5.26 Å². The predicted octanol–water partition coefficient (Wildman–Crippen LogP) is 1.96. The number of nitriles is 1. The maximum Gasteiger partial charge on any atom is 0.0991 e. The van der Waals surface area contributed by atoms with Gasteiger partial charge in [0.05, 0.1) is 18.2 Å². The van der Waals surface area contributed by atoms with E-state index in [4.69, 9.17) is 16.8 Å². The standard InChI is InChI=1S/C13H11NO/c1-3-12(9-15)10(2)13-6-4-11(8-14)5-7-13/h1,4-7,15H,9H2,2H3. The summed E-state index contributed by atoms with van der Waals surface area (Å²) in [6.07, 6.45) is 5.26. The third-order valence-electron chi connectivity index (χ3n) is 2.23. The van der Waals surface area contributed by atoms with Gasteiger partial charge in [0, 0.05) is 5.57 Å². The van der Waals surface area contributed by atoms with Crippen molar-refractivity contribution in [1.82, 2.24) is 0 Å².